The molecule has 28 heavy (non-hydrogen) atoms. The van der Waals surface area contributed by atoms with Crippen LogP contribution in [0, 0.1) is 5.92 Å². The highest BCUT2D eigenvalue weighted by atomic mass is 19.4. The zero-order valence-electron chi connectivity index (χ0n) is 15.8. The van der Waals surface area contributed by atoms with Crippen LogP contribution in [0.1, 0.15) is 32.6 Å². The third-order valence-electron chi connectivity index (χ3n) is 4.73. The number of rotatable bonds is 6. The lowest BCUT2D eigenvalue weighted by Gasteiger charge is -2.27. The van der Waals surface area contributed by atoms with E-state index in [1.165, 1.54) is 32.2 Å². The lowest BCUT2D eigenvalue weighted by molar-refractivity contribution is -0.154. The van der Waals surface area contributed by atoms with E-state index in [2.05, 4.69) is 31.9 Å². The van der Waals surface area contributed by atoms with Gasteiger partial charge in [-0.15, -0.1) is 0 Å². The molecule has 1 N–H and O–H groups in total. The summed E-state index contributed by atoms with van der Waals surface area (Å²) in [5, 5.41) is 3.35. The Hall–Kier alpha value is -2.58. The van der Waals surface area contributed by atoms with E-state index >= 15 is 0 Å². The van der Waals surface area contributed by atoms with Crippen LogP contribution in [-0.4, -0.2) is 40.9 Å². The van der Waals surface area contributed by atoms with Crippen molar-refractivity contribution >= 4 is 5.95 Å². The third kappa shape index (κ3) is 5.46. The largest absolute Gasteiger partial charge is 0.480 e. The Bertz CT molecular complexity index is 776. The molecule has 6 nitrogen and oxygen atoms in total. The second-order valence-corrected chi connectivity index (χ2v) is 7.01. The van der Waals surface area contributed by atoms with Gasteiger partial charge >= 0.3 is 6.18 Å². The van der Waals surface area contributed by atoms with Crippen molar-refractivity contribution < 1.29 is 22.6 Å². The number of hydrogen-bond donors (Lipinski definition) is 1. The van der Waals surface area contributed by atoms with Crippen LogP contribution in [0.4, 0.5) is 19.1 Å². The van der Waals surface area contributed by atoms with Crippen LogP contribution in [0.5, 0.6) is 11.8 Å². The zero-order valence-corrected chi connectivity index (χ0v) is 15.8. The molecule has 9 heteroatoms. The summed E-state index contributed by atoms with van der Waals surface area (Å²) in [6.07, 6.45) is 3.14. The maximum absolute atomic E-state index is 12.2. The molecule has 0 radical (unpaired) electrons. The lowest BCUT2D eigenvalue weighted by Crippen LogP contribution is -2.26. The van der Waals surface area contributed by atoms with Crippen molar-refractivity contribution in [2.75, 3.05) is 19.0 Å². The maximum Gasteiger partial charge on any atom is 0.422 e. The third-order valence-corrected chi connectivity index (χ3v) is 4.73. The number of anilines is 1. The summed E-state index contributed by atoms with van der Waals surface area (Å²) in [6, 6.07) is 3.31. The van der Waals surface area contributed by atoms with Crippen LogP contribution in [-0.2, 0) is 0 Å². The Kier molecular flexibility index (Phi) is 6.21. The summed E-state index contributed by atoms with van der Waals surface area (Å²) < 4.78 is 46.6. The minimum atomic E-state index is -4.41. The van der Waals surface area contributed by atoms with Crippen molar-refractivity contribution in [1.82, 2.24) is 15.0 Å². The van der Waals surface area contributed by atoms with Gasteiger partial charge in [-0.2, -0.15) is 18.2 Å². The van der Waals surface area contributed by atoms with Crippen molar-refractivity contribution in [2.24, 2.45) is 5.92 Å². The fourth-order valence-electron chi connectivity index (χ4n) is 3.16. The smallest absolute Gasteiger partial charge is 0.422 e. The van der Waals surface area contributed by atoms with Crippen LogP contribution in [0.15, 0.2) is 24.5 Å². The molecule has 0 unspecified atom stereocenters. The van der Waals surface area contributed by atoms with Gasteiger partial charge in [0.1, 0.15) is 0 Å². The number of alkyl halides is 3. The molecule has 2 heterocycles. The van der Waals surface area contributed by atoms with Crippen molar-refractivity contribution in [3.63, 3.8) is 0 Å². The second kappa shape index (κ2) is 8.62. The van der Waals surface area contributed by atoms with Crippen LogP contribution < -0.4 is 14.8 Å². The molecule has 152 valence electrons. The van der Waals surface area contributed by atoms with E-state index in [1.807, 2.05) is 0 Å². The van der Waals surface area contributed by atoms with E-state index in [4.69, 9.17) is 4.74 Å². The fourth-order valence-corrected chi connectivity index (χ4v) is 3.16. The molecule has 0 spiro atoms. The summed E-state index contributed by atoms with van der Waals surface area (Å²) >= 11 is 0. The minimum absolute atomic E-state index is 0.106. The molecule has 0 bridgehead atoms. The van der Waals surface area contributed by atoms with E-state index in [0.717, 1.165) is 18.8 Å². The Morgan fingerprint density at radius 2 is 1.86 bits per heavy atom. The molecule has 2 aromatic rings. The fraction of sp³-hybridized carbons (Fsp3) is 0.526. The van der Waals surface area contributed by atoms with Crippen molar-refractivity contribution in [3.05, 3.63) is 24.5 Å². The standard InChI is InChI=1S/C19H23F3N4O2/c1-12-3-6-14(7-4-12)25-18-24-10-15(17(26-18)27-2)13-5-8-16(23-9-13)28-11-19(20,21)22/h5,8-10,12,14H,3-4,6-7,11H2,1-2H3,(H,24,25,26). The average molecular weight is 396 g/mol. The Morgan fingerprint density at radius 1 is 1.11 bits per heavy atom. The van der Waals surface area contributed by atoms with E-state index in [0.29, 0.717) is 29.0 Å². The first-order valence-corrected chi connectivity index (χ1v) is 9.17. The highest BCUT2D eigenvalue weighted by Gasteiger charge is 2.28. The summed E-state index contributed by atoms with van der Waals surface area (Å²) in [5.41, 5.74) is 1.22. The topological polar surface area (TPSA) is 69.2 Å². The van der Waals surface area contributed by atoms with Gasteiger partial charge in [0.15, 0.2) is 6.61 Å². The molecule has 3 rings (SSSR count). The first-order chi connectivity index (χ1) is 13.3. The van der Waals surface area contributed by atoms with Gasteiger partial charge in [0.25, 0.3) is 0 Å². The predicted octanol–water partition coefficient (Wildman–Crippen LogP) is 4.48. The summed E-state index contributed by atoms with van der Waals surface area (Å²) in [5.74, 6) is 1.52. The molecule has 1 fully saturated rings. The molecule has 0 aliphatic heterocycles. The predicted molar refractivity (Wildman–Crippen MR) is 98.4 cm³/mol. The Morgan fingerprint density at radius 3 is 2.46 bits per heavy atom. The summed E-state index contributed by atoms with van der Waals surface area (Å²) in [4.78, 5) is 12.7. The molecule has 0 saturated heterocycles. The molecule has 2 aromatic heterocycles. The maximum atomic E-state index is 12.2. The van der Waals surface area contributed by atoms with Crippen molar-refractivity contribution in [3.8, 4) is 22.9 Å². The average Bonchev–Trinajstić information content (AvgIpc) is 2.68. The van der Waals surface area contributed by atoms with E-state index in [-0.39, 0.29) is 5.88 Å². The number of nitrogens with zero attached hydrogens (tertiary/aromatic N) is 3. The number of nitrogens with one attached hydrogen (secondary N) is 1. The molecule has 1 saturated carbocycles. The number of methoxy groups -OCH3 is 1. The van der Waals surface area contributed by atoms with Gasteiger partial charge in [-0.1, -0.05) is 6.92 Å². The van der Waals surface area contributed by atoms with Gasteiger partial charge in [-0.05, 0) is 37.7 Å². The normalized spacial score (nSPS) is 19.9. The summed E-state index contributed by atoms with van der Waals surface area (Å²) in [6.45, 7) is 0.879. The second-order valence-electron chi connectivity index (χ2n) is 7.01. The van der Waals surface area contributed by atoms with Gasteiger partial charge in [-0.3, -0.25) is 0 Å². The summed E-state index contributed by atoms with van der Waals surface area (Å²) in [7, 11) is 1.51. The van der Waals surface area contributed by atoms with E-state index < -0.39 is 12.8 Å². The molecule has 0 aromatic carbocycles. The quantitative estimate of drug-likeness (QED) is 0.777. The lowest BCUT2D eigenvalue weighted by atomic mass is 9.87. The monoisotopic (exact) mass is 396 g/mol. The number of hydrogen-bond acceptors (Lipinski definition) is 6. The first-order valence-electron chi connectivity index (χ1n) is 9.17. The molecule has 0 atom stereocenters. The molecule has 0 amide bonds. The van der Waals surface area contributed by atoms with Crippen LogP contribution >= 0.6 is 0 Å². The zero-order chi connectivity index (χ0) is 20.1. The van der Waals surface area contributed by atoms with Crippen molar-refractivity contribution in [2.45, 2.75) is 44.8 Å². The van der Waals surface area contributed by atoms with Crippen LogP contribution in [0.2, 0.25) is 0 Å². The highest BCUT2D eigenvalue weighted by Crippen LogP contribution is 2.30. The molecular weight excluding hydrogens is 373 g/mol. The highest BCUT2D eigenvalue weighted by molar-refractivity contribution is 5.67. The first kappa shape index (κ1) is 20.2. The van der Waals surface area contributed by atoms with Crippen LogP contribution in [0.3, 0.4) is 0 Å². The van der Waals surface area contributed by atoms with Gasteiger partial charge < -0.3 is 14.8 Å². The van der Waals surface area contributed by atoms with E-state index in [9.17, 15) is 13.2 Å². The SMILES string of the molecule is COc1nc(NC2CCC(C)CC2)ncc1-c1ccc(OCC(F)(F)F)nc1. The van der Waals surface area contributed by atoms with Gasteiger partial charge in [-0.25, -0.2) is 9.97 Å². The van der Waals surface area contributed by atoms with Gasteiger partial charge in [0.05, 0.1) is 12.7 Å². The van der Waals surface area contributed by atoms with E-state index in [1.54, 1.807) is 12.3 Å². The molecule has 1 aliphatic carbocycles. The van der Waals surface area contributed by atoms with Crippen LogP contribution in [0.25, 0.3) is 11.1 Å². The number of pyridine rings is 1. The number of aromatic nitrogens is 3. The Labute approximate surface area is 161 Å². The Balaban J connectivity index is 1.69. The van der Waals surface area contributed by atoms with Gasteiger partial charge in [0.2, 0.25) is 17.7 Å². The van der Waals surface area contributed by atoms with Gasteiger partial charge in [0, 0.05) is 30.1 Å². The minimum Gasteiger partial charge on any atom is -0.480 e. The van der Waals surface area contributed by atoms with Crippen molar-refractivity contribution in [1.29, 1.82) is 0 Å². The number of halogens is 3. The number of ether oxygens (including phenoxy) is 2. The molecule has 1 aliphatic rings. The molecular formula is C19H23F3N4O2.